The lowest BCUT2D eigenvalue weighted by Gasteiger charge is -2.12. The Morgan fingerprint density at radius 2 is 2.00 bits per heavy atom. The molecule has 1 aliphatic carbocycles. The van der Waals surface area contributed by atoms with E-state index in [4.69, 9.17) is 11.0 Å². The maximum atomic E-state index is 12.4. The normalized spacial score (nSPS) is 17.3. The summed E-state index contributed by atoms with van der Waals surface area (Å²) >= 11 is 0. The molecule has 1 saturated carbocycles. The maximum Gasteiger partial charge on any atom is 0.389 e. The van der Waals surface area contributed by atoms with Crippen LogP contribution in [0, 0.1) is 30.1 Å². The molecule has 3 aromatic rings. The smallest absolute Gasteiger partial charge is 0.389 e. The third-order valence-corrected chi connectivity index (χ3v) is 5.91. The molecule has 4 rings (SSSR count). The summed E-state index contributed by atoms with van der Waals surface area (Å²) in [6.45, 7) is 1.77. The minimum absolute atomic E-state index is 0.226. The van der Waals surface area contributed by atoms with Crippen LogP contribution in [-0.4, -0.2) is 22.9 Å². The largest absolute Gasteiger partial charge is 0.398 e. The van der Waals surface area contributed by atoms with Crippen LogP contribution in [0.5, 0.6) is 0 Å². The van der Waals surface area contributed by atoms with E-state index in [1.807, 2.05) is 6.07 Å². The van der Waals surface area contributed by atoms with Gasteiger partial charge in [-0.3, -0.25) is 9.59 Å². The zero-order valence-corrected chi connectivity index (χ0v) is 18.2. The van der Waals surface area contributed by atoms with Crippen molar-refractivity contribution in [2.45, 2.75) is 32.4 Å². The molecule has 0 spiro atoms. The SMILES string of the molecule is Cc1cc(C(=O)CCC(F)(F)F)ccc1-c1cc(N)c2cnc(NC(=O)C3CC3C#N)cc2c1. The highest BCUT2D eigenvalue weighted by Crippen LogP contribution is 2.39. The van der Waals surface area contributed by atoms with Gasteiger partial charge in [0.05, 0.1) is 24.3 Å². The number of aromatic nitrogens is 1. The van der Waals surface area contributed by atoms with E-state index in [-0.39, 0.29) is 23.3 Å². The highest BCUT2D eigenvalue weighted by molar-refractivity contribution is 6.01. The Morgan fingerprint density at radius 3 is 2.65 bits per heavy atom. The molecule has 9 heteroatoms. The van der Waals surface area contributed by atoms with Gasteiger partial charge in [-0.2, -0.15) is 18.4 Å². The number of halogens is 3. The highest BCUT2D eigenvalue weighted by Gasteiger charge is 2.43. The zero-order valence-electron chi connectivity index (χ0n) is 18.2. The Morgan fingerprint density at radius 1 is 1.24 bits per heavy atom. The minimum Gasteiger partial charge on any atom is -0.398 e. The Hall–Kier alpha value is -3.93. The number of pyridine rings is 1. The van der Waals surface area contributed by atoms with Crippen LogP contribution in [0.15, 0.2) is 42.6 Å². The van der Waals surface area contributed by atoms with Crippen LogP contribution < -0.4 is 11.1 Å². The molecule has 1 fully saturated rings. The number of rotatable bonds is 6. The van der Waals surface area contributed by atoms with Crippen LogP contribution in [0.1, 0.15) is 35.2 Å². The third kappa shape index (κ3) is 5.01. The van der Waals surface area contributed by atoms with E-state index in [2.05, 4.69) is 16.4 Å². The number of fused-ring (bicyclic) bond motifs is 1. The van der Waals surface area contributed by atoms with Crippen molar-refractivity contribution in [2.24, 2.45) is 11.8 Å². The van der Waals surface area contributed by atoms with Crippen molar-refractivity contribution in [3.05, 3.63) is 53.7 Å². The number of nitrogens with one attached hydrogen (secondary N) is 1. The van der Waals surface area contributed by atoms with Crippen LogP contribution in [0.3, 0.4) is 0 Å². The molecule has 0 radical (unpaired) electrons. The summed E-state index contributed by atoms with van der Waals surface area (Å²) < 4.78 is 37.3. The number of alkyl halides is 3. The molecule has 3 N–H and O–H groups in total. The number of benzene rings is 2. The Labute approximate surface area is 193 Å². The summed E-state index contributed by atoms with van der Waals surface area (Å²) in [6, 6.07) is 12.2. The summed E-state index contributed by atoms with van der Waals surface area (Å²) in [7, 11) is 0. The van der Waals surface area contributed by atoms with Crippen LogP contribution in [0.25, 0.3) is 21.9 Å². The number of nitriles is 1. The number of aryl methyl sites for hydroxylation is 1. The van der Waals surface area contributed by atoms with Gasteiger partial charge in [0.2, 0.25) is 5.91 Å². The number of amides is 1. The lowest BCUT2D eigenvalue weighted by atomic mass is 9.94. The molecule has 0 bridgehead atoms. The number of hydrogen-bond acceptors (Lipinski definition) is 5. The van der Waals surface area contributed by atoms with Crippen molar-refractivity contribution >= 4 is 34.0 Å². The van der Waals surface area contributed by atoms with Gasteiger partial charge in [0.15, 0.2) is 5.78 Å². The molecule has 6 nitrogen and oxygen atoms in total. The van der Waals surface area contributed by atoms with Crippen molar-refractivity contribution in [1.29, 1.82) is 5.26 Å². The first-order valence-electron chi connectivity index (χ1n) is 10.7. The molecule has 174 valence electrons. The van der Waals surface area contributed by atoms with Gasteiger partial charge < -0.3 is 11.1 Å². The monoisotopic (exact) mass is 466 g/mol. The number of carbonyl (C=O) groups is 2. The summed E-state index contributed by atoms with van der Waals surface area (Å²) in [5, 5.41) is 13.1. The van der Waals surface area contributed by atoms with E-state index in [1.165, 1.54) is 6.07 Å². The fourth-order valence-electron chi connectivity index (χ4n) is 3.92. The average Bonchev–Trinajstić information content (AvgIpc) is 3.57. The van der Waals surface area contributed by atoms with E-state index in [1.54, 1.807) is 37.4 Å². The van der Waals surface area contributed by atoms with Crippen LogP contribution in [0.2, 0.25) is 0 Å². The molecule has 34 heavy (non-hydrogen) atoms. The van der Waals surface area contributed by atoms with Crippen molar-refractivity contribution in [3.63, 3.8) is 0 Å². The van der Waals surface area contributed by atoms with Gasteiger partial charge in [0.1, 0.15) is 5.82 Å². The zero-order chi connectivity index (χ0) is 24.6. The van der Waals surface area contributed by atoms with E-state index < -0.39 is 24.8 Å². The number of nitrogen functional groups attached to an aromatic ring is 1. The second-order valence-corrected chi connectivity index (χ2v) is 8.49. The van der Waals surface area contributed by atoms with Crippen molar-refractivity contribution in [1.82, 2.24) is 4.98 Å². The summed E-state index contributed by atoms with van der Waals surface area (Å²) in [5.74, 6) is -1.04. The number of anilines is 2. The molecule has 2 unspecified atom stereocenters. The molecule has 0 aliphatic heterocycles. The Balaban J connectivity index is 1.59. The van der Waals surface area contributed by atoms with Gasteiger partial charge >= 0.3 is 6.18 Å². The van der Waals surface area contributed by atoms with Crippen molar-refractivity contribution in [2.75, 3.05) is 11.1 Å². The van der Waals surface area contributed by atoms with Gasteiger partial charge in [-0.1, -0.05) is 12.1 Å². The molecule has 1 aliphatic rings. The average molecular weight is 466 g/mol. The fraction of sp³-hybridized carbons (Fsp3) is 0.280. The van der Waals surface area contributed by atoms with E-state index in [9.17, 15) is 22.8 Å². The Bertz CT molecular complexity index is 1340. The number of ketones is 1. The van der Waals surface area contributed by atoms with E-state index in [0.717, 1.165) is 22.1 Å². The van der Waals surface area contributed by atoms with Crippen molar-refractivity contribution < 1.29 is 22.8 Å². The van der Waals surface area contributed by atoms with Gasteiger partial charge in [-0.05, 0) is 59.7 Å². The first-order chi connectivity index (χ1) is 16.1. The number of nitrogens with zero attached hydrogens (tertiary/aromatic N) is 2. The molecular formula is C25H21F3N4O2. The molecule has 1 amide bonds. The Kier molecular flexibility index (Phi) is 6.00. The number of Topliss-reactive ketones (excluding diaryl/α,β-unsaturated/α-hetero) is 1. The molecule has 1 heterocycles. The molecule has 1 aromatic heterocycles. The predicted molar refractivity (Wildman–Crippen MR) is 122 cm³/mol. The number of hydrogen-bond donors (Lipinski definition) is 2. The summed E-state index contributed by atoms with van der Waals surface area (Å²) in [4.78, 5) is 28.7. The van der Waals surface area contributed by atoms with Crippen LogP contribution in [0.4, 0.5) is 24.7 Å². The fourth-order valence-corrected chi connectivity index (χ4v) is 3.92. The lowest BCUT2D eigenvalue weighted by molar-refractivity contribution is -0.133. The maximum absolute atomic E-state index is 12.4. The second-order valence-electron chi connectivity index (χ2n) is 8.49. The number of nitrogens with two attached hydrogens (primary N) is 1. The number of carbonyl (C=O) groups excluding carboxylic acids is 2. The first-order valence-corrected chi connectivity index (χ1v) is 10.7. The van der Waals surface area contributed by atoms with Gasteiger partial charge in [-0.25, -0.2) is 4.98 Å². The molecule has 2 atom stereocenters. The quantitative estimate of drug-likeness (QED) is 0.373. The molecule has 2 aromatic carbocycles. The van der Waals surface area contributed by atoms with Gasteiger partial charge in [-0.15, -0.1) is 0 Å². The minimum atomic E-state index is -4.38. The van der Waals surface area contributed by atoms with E-state index in [0.29, 0.717) is 23.3 Å². The third-order valence-electron chi connectivity index (χ3n) is 5.91. The highest BCUT2D eigenvalue weighted by atomic mass is 19.4. The van der Waals surface area contributed by atoms with Crippen LogP contribution in [-0.2, 0) is 4.79 Å². The summed E-state index contributed by atoms with van der Waals surface area (Å²) in [6.07, 6.45) is -4.02. The second kappa shape index (κ2) is 8.78. The van der Waals surface area contributed by atoms with Gasteiger partial charge in [0.25, 0.3) is 0 Å². The lowest BCUT2D eigenvalue weighted by Crippen LogP contribution is -2.15. The topological polar surface area (TPSA) is 109 Å². The predicted octanol–water partition coefficient (Wildman–Crippen LogP) is 5.42. The van der Waals surface area contributed by atoms with E-state index >= 15 is 0 Å². The van der Waals surface area contributed by atoms with Crippen LogP contribution >= 0.6 is 0 Å². The summed E-state index contributed by atoms with van der Waals surface area (Å²) in [5.41, 5.74) is 9.17. The molecule has 0 saturated heterocycles. The van der Waals surface area contributed by atoms with Gasteiger partial charge in [0, 0.05) is 29.3 Å². The standard InChI is InChI=1S/C25H21F3N4O2/c1-13-6-14(22(33)4-5-25(26,27)28)2-3-18(13)15-7-16-10-23(31-12-20(16)21(30)9-15)32-24(34)19-8-17(19)11-29/h2-3,6-7,9-10,12,17,19H,4-5,8,30H2,1H3,(H,31,32,34). The van der Waals surface area contributed by atoms with Crippen molar-refractivity contribution in [3.8, 4) is 17.2 Å². The molecular weight excluding hydrogens is 445 g/mol. The first kappa shape index (κ1) is 23.2.